The van der Waals surface area contributed by atoms with Crippen molar-refractivity contribution in [1.82, 2.24) is 4.90 Å². The maximum Gasteiger partial charge on any atom is 0.222 e. The molecule has 0 aliphatic carbocycles. The lowest BCUT2D eigenvalue weighted by Crippen LogP contribution is -2.28. The summed E-state index contributed by atoms with van der Waals surface area (Å²) in [7, 11) is 1.89. The molecule has 3 nitrogen and oxygen atoms in total. The van der Waals surface area contributed by atoms with Crippen molar-refractivity contribution in [2.45, 2.75) is 51.0 Å². The predicted octanol–water partition coefficient (Wildman–Crippen LogP) is 2.81. The lowest BCUT2D eigenvalue weighted by atomic mass is 10.1. The largest absolute Gasteiger partial charge is 0.378 e. The Balaban J connectivity index is 2.04. The topological polar surface area (TPSA) is 29.5 Å². The van der Waals surface area contributed by atoms with Crippen molar-refractivity contribution in [2.75, 3.05) is 26.1 Å². The van der Waals surface area contributed by atoms with Gasteiger partial charge in [0.2, 0.25) is 5.91 Å². The Kier molecular flexibility index (Phi) is 7.62. The summed E-state index contributed by atoms with van der Waals surface area (Å²) in [6.07, 6.45) is 7.28. The van der Waals surface area contributed by atoms with Gasteiger partial charge in [-0.2, -0.15) is 0 Å². The smallest absolute Gasteiger partial charge is 0.222 e. The molecule has 0 aromatic carbocycles. The fourth-order valence-corrected chi connectivity index (χ4v) is 2.28. The van der Waals surface area contributed by atoms with Gasteiger partial charge >= 0.3 is 0 Å². The second kappa shape index (κ2) is 8.76. The number of hydrogen-bond donors (Lipinski definition) is 0. The fourth-order valence-electron chi connectivity index (χ4n) is 2.09. The van der Waals surface area contributed by atoms with Gasteiger partial charge in [-0.25, -0.2) is 0 Å². The molecule has 1 unspecified atom stereocenters. The summed E-state index contributed by atoms with van der Waals surface area (Å²) < 4.78 is 5.51. The first kappa shape index (κ1) is 14.8. The minimum absolute atomic E-state index is 0.242. The number of hydrogen-bond acceptors (Lipinski definition) is 2. The Labute approximate surface area is 109 Å². The number of amides is 1. The van der Waals surface area contributed by atoms with Crippen molar-refractivity contribution in [3.05, 3.63) is 0 Å². The van der Waals surface area contributed by atoms with Crippen LogP contribution >= 0.6 is 11.6 Å². The number of rotatable bonds is 8. The molecule has 0 aromatic heterocycles. The van der Waals surface area contributed by atoms with Gasteiger partial charge in [0.15, 0.2) is 0 Å². The summed E-state index contributed by atoms with van der Waals surface area (Å²) in [6.45, 7) is 1.72. The first-order valence-corrected chi connectivity index (χ1v) is 7.19. The van der Waals surface area contributed by atoms with Crippen molar-refractivity contribution in [1.29, 1.82) is 0 Å². The number of unbranched alkanes of at least 4 members (excludes halogenated alkanes) is 2. The van der Waals surface area contributed by atoms with E-state index in [1.165, 1.54) is 0 Å². The Bertz CT molecular complexity index is 217. The standard InChI is InChI=1S/C13H24ClNO2/c1-15(10-4-2-3-9-14)13(16)8-7-12-6-5-11-17-12/h12H,2-11H2,1H3. The second-order valence-electron chi connectivity index (χ2n) is 4.74. The van der Waals surface area contributed by atoms with Gasteiger partial charge in [0.25, 0.3) is 0 Å². The lowest BCUT2D eigenvalue weighted by Gasteiger charge is -2.18. The van der Waals surface area contributed by atoms with Crippen molar-refractivity contribution >= 4 is 17.5 Å². The zero-order valence-electron chi connectivity index (χ0n) is 10.8. The van der Waals surface area contributed by atoms with Crippen LogP contribution in [0.1, 0.15) is 44.9 Å². The molecule has 0 bridgehead atoms. The maximum absolute atomic E-state index is 11.8. The van der Waals surface area contributed by atoms with Gasteiger partial charge in [0.05, 0.1) is 6.10 Å². The number of ether oxygens (including phenoxy) is 1. The molecule has 1 saturated heterocycles. The van der Waals surface area contributed by atoms with Crippen molar-refractivity contribution < 1.29 is 9.53 Å². The third-order valence-corrected chi connectivity index (χ3v) is 3.52. The lowest BCUT2D eigenvalue weighted by molar-refractivity contribution is -0.130. The summed E-state index contributed by atoms with van der Waals surface area (Å²) in [5.41, 5.74) is 0. The molecule has 100 valence electrons. The number of alkyl halides is 1. The molecule has 0 radical (unpaired) electrons. The third kappa shape index (κ3) is 6.27. The average Bonchev–Trinajstić information content (AvgIpc) is 2.84. The minimum atomic E-state index is 0.242. The molecule has 1 heterocycles. The molecule has 1 fully saturated rings. The highest BCUT2D eigenvalue weighted by molar-refractivity contribution is 6.17. The Morgan fingerprint density at radius 3 is 2.88 bits per heavy atom. The SMILES string of the molecule is CN(CCCCCCl)C(=O)CCC1CCCO1. The summed E-state index contributed by atoms with van der Waals surface area (Å²) in [6, 6.07) is 0. The average molecular weight is 262 g/mol. The van der Waals surface area contributed by atoms with E-state index in [0.717, 1.165) is 57.6 Å². The molecule has 1 rings (SSSR count). The molecule has 4 heteroatoms. The van der Waals surface area contributed by atoms with Crippen molar-refractivity contribution in [3.8, 4) is 0 Å². The quantitative estimate of drug-likeness (QED) is 0.497. The first-order chi connectivity index (χ1) is 8.24. The molecule has 1 aliphatic heterocycles. The van der Waals surface area contributed by atoms with E-state index in [4.69, 9.17) is 16.3 Å². The van der Waals surface area contributed by atoms with Gasteiger partial charge in [0.1, 0.15) is 0 Å². The highest BCUT2D eigenvalue weighted by Gasteiger charge is 2.17. The molecule has 0 aromatic rings. The van der Waals surface area contributed by atoms with Gasteiger partial charge in [-0.3, -0.25) is 4.79 Å². The summed E-state index contributed by atoms with van der Waals surface area (Å²) >= 11 is 5.61. The fraction of sp³-hybridized carbons (Fsp3) is 0.923. The first-order valence-electron chi connectivity index (χ1n) is 6.65. The van der Waals surface area contributed by atoms with Gasteiger partial charge in [0, 0.05) is 32.5 Å². The van der Waals surface area contributed by atoms with E-state index in [2.05, 4.69) is 0 Å². The zero-order valence-corrected chi connectivity index (χ0v) is 11.5. The second-order valence-corrected chi connectivity index (χ2v) is 5.12. The Morgan fingerprint density at radius 2 is 2.24 bits per heavy atom. The number of halogens is 1. The van der Waals surface area contributed by atoms with Crippen LogP contribution in [0.3, 0.4) is 0 Å². The molecular formula is C13H24ClNO2. The van der Waals surface area contributed by atoms with E-state index in [-0.39, 0.29) is 5.91 Å². The molecule has 0 saturated carbocycles. The normalized spacial score (nSPS) is 19.5. The Hall–Kier alpha value is -0.280. The van der Waals surface area contributed by atoms with Crippen LogP contribution in [0.5, 0.6) is 0 Å². The van der Waals surface area contributed by atoms with Gasteiger partial charge in [-0.1, -0.05) is 6.42 Å². The van der Waals surface area contributed by atoms with Crippen LogP contribution < -0.4 is 0 Å². The molecule has 17 heavy (non-hydrogen) atoms. The monoisotopic (exact) mass is 261 g/mol. The van der Waals surface area contributed by atoms with E-state index in [0.29, 0.717) is 12.5 Å². The molecule has 1 amide bonds. The summed E-state index contributed by atoms with van der Waals surface area (Å²) in [4.78, 5) is 13.6. The molecular weight excluding hydrogens is 238 g/mol. The maximum atomic E-state index is 11.8. The summed E-state index contributed by atoms with van der Waals surface area (Å²) in [5, 5.41) is 0. The van der Waals surface area contributed by atoms with Gasteiger partial charge < -0.3 is 9.64 Å². The van der Waals surface area contributed by atoms with Crippen LogP contribution in [-0.2, 0) is 9.53 Å². The predicted molar refractivity (Wildman–Crippen MR) is 70.4 cm³/mol. The van der Waals surface area contributed by atoms with Crippen LogP contribution in [0.25, 0.3) is 0 Å². The van der Waals surface area contributed by atoms with Crippen LogP contribution in [0, 0.1) is 0 Å². The number of carbonyl (C=O) groups excluding carboxylic acids is 1. The van der Waals surface area contributed by atoms with E-state index in [9.17, 15) is 4.79 Å². The minimum Gasteiger partial charge on any atom is -0.378 e. The molecule has 1 aliphatic rings. The van der Waals surface area contributed by atoms with E-state index in [1.807, 2.05) is 11.9 Å². The van der Waals surface area contributed by atoms with Crippen LogP contribution in [0.15, 0.2) is 0 Å². The summed E-state index contributed by atoms with van der Waals surface area (Å²) in [5.74, 6) is 0.961. The van der Waals surface area contributed by atoms with Crippen LogP contribution in [0.4, 0.5) is 0 Å². The van der Waals surface area contributed by atoms with Gasteiger partial charge in [-0.15, -0.1) is 11.6 Å². The molecule has 0 N–H and O–H groups in total. The highest BCUT2D eigenvalue weighted by atomic mass is 35.5. The Morgan fingerprint density at radius 1 is 1.41 bits per heavy atom. The van der Waals surface area contributed by atoms with Crippen LogP contribution in [0.2, 0.25) is 0 Å². The van der Waals surface area contributed by atoms with Gasteiger partial charge in [-0.05, 0) is 32.1 Å². The van der Waals surface area contributed by atoms with Crippen molar-refractivity contribution in [3.63, 3.8) is 0 Å². The highest BCUT2D eigenvalue weighted by Crippen LogP contribution is 2.17. The number of nitrogens with zero attached hydrogens (tertiary/aromatic N) is 1. The number of carbonyl (C=O) groups is 1. The van der Waals surface area contributed by atoms with E-state index >= 15 is 0 Å². The van der Waals surface area contributed by atoms with E-state index in [1.54, 1.807) is 0 Å². The molecule has 1 atom stereocenters. The molecule has 0 spiro atoms. The zero-order chi connectivity index (χ0) is 12.5. The van der Waals surface area contributed by atoms with Crippen LogP contribution in [-0.4, -0.2) is 43.0 Å². The van der Waals surface area contributed by atoms with Crippen molar-refractivity contribution in [2.24, 2.45) is 0 Å². The third-order valence-electron chi connectivity index (χ3n) is 3.26. The van der Waals surface area contributed by atoms with E-state index < -0.39 is 0 Å².